The number of hydrogen-bond donors (Lipinski definition) is 0. The van der Waals surface area contributed by atoms with E-state index in [-0.39, 0.29) is 11.5 Å². The Labute approximate surface area is 212 Å². The molecule has 3 aromatic rings. The molecule has 6 heteroatoms. The van der Waals surface area contributed by atoms with E-state index < -0.39 is 5.97 Å². The number of ether oxygens (including phenoxy) is 2. The van der Waals surface area contributed by atoms with Gasteiger partial charge in [0.05, 0.1) is 24.9 Å². The number of nitrogens with zero attached hydrogens (tertiary/aromatic N) is 2. The van der Waals surface area contributed by atoms with Crippen LogP contribution in [-0.4, -0.2) is 30.2 Å². The first-order chi connectivity index (χ1) is 17.2. The van der Waals surface area contributed by atoms with Crippen molar-refractivity contribution in [1.29, 1.82) is 0 Å². The van der Waals surface area contributed by atoms with Crippen LogP contribution in [-0.2, 0) is 14.3 Å². The van der Waals surface area contributed by atoms with E-state index >= 15 is 0 Å². The van der Waals surface area contributed by atoms with Gasteiger partial charge in [-0.3, -0.25) is 9.69 Å². The fraction of sp³-hybridized carbons (Fsp3) is 0.267. The zero-order valence-electron chi connectivity index (χ0n) is 21.9. The number of amides is 1. The number of hydrogen-bond acceptors (Lipinski definition) is 4. The van der Waals surface area contributed by atoms with Crippen LogP contribution in [0.5, 0.6) is 5.75 Å². The average Bonchev–Trinajstić information content (AvgIpc) is 3.26. The number of methoxy groups -OCH3 is 1. The van der Waals surface area contributed by atoms with Gasteiger partial charge in [-0.05, 0) is 95.1 Å². The third kappa shape index (κ3) is 4.35. The van der Waals surface area contributed by atoms with E-state index in [1.165, 1.54) is 18.2 Å². The topological polar surface area (TPSA) is 60.8 Å². The highest BCUT2D eigenvalue weighted by Crippen LogP contribution is 2.37. The first kappa shape index (κ1) is 25.0. The smallest absolute Gasteiger partial charge is 0.340 e. The quantitative estimate of drug-likeness (QED) is 0.319. The van der Waals surface area contributed by atoms with Crippen LogP contribution in [0.15, 0.2) is 65.4 Å². The third-order valence-corrected chi connectivity index (χ3v) is 6.56. The predicted molar refractivity (Wildman–Crippen MR) is 143 cm³/mol. The molecule has 0 bridgehead atoms. The lowest BCUT2D eigenvalue weighted by molar-refractivity contribution is -0.136. The van der Waals surface area contributed by atoms with Crippen molar-refractivity contribution >= 4 is 23.6 Å². The first-order valence-electron chi connectivity index (χ1n) is 12.0. The van der Waals surface area contributed by atoms with E-state index in [0.29, 0.717) is 23.6 Å². The standard InChI is InChI=1S/C30H32N2O4/c1-8-36-25-12-10-24(11-13-25)32-22(6)28(30(34)35-7)26(29(32)33)17-23-16-20(4)31(21(23)5)27-14-9-18(2)15-19(27)3/h9-17H,8H2,1-7H3/b26-17-. The molecule has 1 aliphatic heterocycles. The van der Waals surface area contributed by atoms with Crippen molar-refractivity contribution in [1.82, 2.24) is 4.57 Å². The molecule has 0 N–H and O–H groups in total. The molecule has 0 atom stereocenters. The van der Waals surface area contributed by atoms with Gasteiger partial charge in [0.2, 0.25) is 0 Å². The van der Waals surface area contributed by atoms with Gasteiger partial charge in [0.15, 0.2) is 0 Å². The number of benzene rings is 2. The van der Waals surface area contributed by atoms with Crippen molar-refractivity contribution in [2.75, 3.05) is 18.6 Å². The molecular formula is C30H32N2O4. The second-order valence-electron chi connectivity index (χ2n) is 9.03. The summed E-state index contributed by atoms with van der Waals surface area (Å²) < 4.78 is 12.8. The Bertz CT molecular complexity index is 1410. The molecular weight excluding hydrogens is 452 g/mol. The van der Waals surface area contributed by atoms with Gasteiger partial charge in [0, 0.05) is 28.5 Å². The molecule has 6 nitrogen and oxygen atoms in total. The maximum atomic E-state index is 13.7. The Morgan fingerprint density at radius 3 is 2.28 bits per heavy atom. The largest absolute Gasteiger partial charge is 0.494 e. The van der Waals surface area contributed by atoms with Gasteiger partial charge in [-0.1, -0.05) is 17.7 Å². The Morgan fingerprint density at radius 1 is 0.972 bits per heavy atom. The molecule has 36 heavy (non-hydrogen) atoms. The summed E-state index contributed by atoms with van der Waals surface area (Å²) in [7, 11) is 1.33. The molecule has 1 aromatic heterocycles. The summed E-state index contributed by atoms with van der Waals surface area (Å²) in [6.45, 7) is 12.5. The van der Waals surface area contributed by atoms with Crippen LogP contribution in [0, 0.1) is 27.7 Å². The number of carbonyl (C=O) groups is 2. The minimum Gasteiger partial charge on any atom is -0.494 e. The van der Waals surface area contributed by atoms with E-state index in [1.807, 2.05) is 51.1 Å². The minimum absolute atomic E-state index is 0.270. The van der Waals surface area contributed by atoms with E-state index in [1.54, 1.807) is 17.9 Å². The van der Waals surface area contributed by atoms with Crippen molar-refractivity contribution in [3.8, 4) is 11.4 Å². The molecule has 0 aliphatic carbocycles. The van der Waals surface area contributed by atoms with Gasteiger partial charge in [-0.25, -0.2) is 4.79 Å². The summed E-state index contributed by atoms with van der Waals surface area (Å²) in [5.41, 5.74) is 8.14. The van der Waals surface area contributed by atoms with Crippen LogP contribution < -0.4 is 9.64 Å². The second kappa shape index (κ2) is 9.90. The van der Waals surface area contributed by atoms with Crippen molar-refractivity contribution in [2.45, 2.75) is 41.5 Å². The zero-order chi connectivity index (χ0) is 26.1. The molecule has 0 radical (unpaired) electrons. The highest BCUT2D eigenvalue weighted by atomic mass is 16.5. The number of rotatable bonds is 6. The van der Waals surface area contributed by atoms with Gasteiger partial charge >= 0.3 is 5.97 Å². The highest BCUT2D eigenvalue weighted by Gasteiger charge is 2.38. The molecule has 2 aromatic carbocycles. The minimum atomic E-state index is -0.538. The number of esters is 1. The van der Waals surface area contributed by atoms with Crippen molar-refractivity contribution in [3.05, 3.63) is 93.5 Å². The number of carbonyl (C=O) groups excluding carboxylic acids is 2. The molecule has 0 fully saturated rings. The molecule has 2 heterocycles. The average molecular weight is 485 g/mol. The van der Waals surface area contributed by atoms with Gasteiger partial charge in [0.25, 0.3) is 5.91 Å². The highest BCUT2D eigenvalue weighted by molar-refractivity contribution is 6.23. The van der Waals surface area contributed by atoms with Crippen molar-refractivity contribution in [2.24, 2.45) is 0 Å². The summed E-state index contributed by atoms with van der Waals surface area (Å²) in [4.78, 5) is 28.1. The molecule has 0 unspecified atom stereocenters. The maximum absolute atomic E-state index is 13.7. The van der Waals surface area contributed by atoms with Gasteiger partial charge in [-0.2, -0.15) is 0 Å². The Kier molecular flexibility index (Phi) is 6.88. The molecule has 186 valence electrons. The monoisotopic (exact) mass is 484 g/mol. The Morgan fingerprint density at radius 2 is 1.67 bits per heavy atom. The second-order valence-corrected chi connectivity index (χ2v) is 9.03. The van der Waals surface area contributed by atoms with Crippen LogP contribution in [0.3, 0.4) is 0 Å². The van der Waals surface area contributed by atoms with E-state index in [4.69, 9.17) is 9.47 Å². The van der Waals surface area contributed by atoms with E-state index in [2.05, 4.69) is 36.6 Å². The molecule has 1 amide bonds. The molecule has 4 rings (SSSR count). The number of aromatic nitrogens is 1. The molecule has 0 saturated carbocycles. The van der Waals surface area contributed by atoms with Crippen molar-refractivity contribution in [3.63, 3.8) is 0 Å². The lowest BCUT2D eigenvalue weighted by Crippen LogP contribution is -2.24. The first-order valence-corrected chi connectivity index (χ1v) is 12.0. The molecule has 1 aliphatic rings. The third-order valence-electron chi connectivity index (χ3n) is 6.56. The predicted octanol–water partition coefficient (Wildman–Crippen LogP) is 5.99. The lowest BCUT2D eigenvalue weighted by Gasteiger charge is -2.18. The summed E-state index contributed by atoms with van der Waals surface area (Å²) in [6.07, 6.45) is 1.80. The van der Waals surface area contributed by atoms with E-state index in [9.17, 15) is 9.59 Å². The SMILES string of the molecule is CCOc1ccc(N2C(=O)/C(=C\c3cc(C)n(-c4ccc(C)cc4C)c3C)C(C(=O)OC)=C2C)cc1. The Balaban J connectivity index is 1.81. The van der Waals surface area contributed by atoms with Crippen LogP contribution >= 0.6 is 0 Å². The summed E-state index contributed by atoms with van der Waals surface area (Å²) in [5.74, 6) is -0.0885. The zero-order valence-corrected chi connectivity index (χ0v) is 21.9. The Hall–Kier alpha value is -4.06. The van der Waals surface area contributed by atoms with Gasteiger partial charge in [-0.15, -0.1) is 0 Å². The maximum Gasteiger partial charge on any atom is 0.340 e. The fourth-order valence-corrected chi connectivity index (χ4v) is 4.87. The number of aryl methyl sites for hydroxylation is 3. The van der Waals surface area contributed by atoms with E-state index in [0.717, 1.165) is 28.4 Å². The summed E-state index contributed by atoms with van der Waals surface area (Å²) >= 11 is 0. The number of allylic oxidation sites excluding steroid dienone is 1. The molecule has 0 saturated heterocycles. The van der Waals surface area contributed by atoms with Gasteiger partial charge in [0.1, 0.15) is 5.75 Å². The number of anilines is 1. The fourth-order valence-electron chi connectivity index (χ4n) is 4.87. The van der Waals surface area contributed by atoms with Crippen LogP contribution in [0.4, 0.5) is 5.69 Å². The lowest BCUT2D eigenvalue weighted by atomic mass is 10.0. The van der Waals surface area contributed by atoms with Crippen LogP contribution in [0.2, 0.25) is 0 Å². The summed E-state index contributed by atoms with van der Waals surface area (Å²) in [6, 6.07) is 15.7. The normalized spacial score (nSPS) is 14.7. The van der Waals surface area contributed by atoms with Crippen molar-refractivity contribution < 1.29 is 19.1 Å². The van der Waals surface area contributed by atoms with Crippen LogP contribution in [0.25, 0.3) is 11.8 Å². The summed E-state index contributed by atoms with van der Waals surface area (Å²) in [5, 5.41) is 0. The van der Waals surface area contributed by atoms with Crippen LogP contribution in [0.1, 0.15) is 41.9 Å². The molecule has 0 spiro atoms. The van der Waals surface area contributed by atoms with Gasteiger partial charge < -0.3 is 14.0 Å².